The van der Waals surface area contributed by atoms with Crippen LogP contribution < -0.4 is 15.5 Å². The lowest BCUT2D eigenvalue weighted by Crippen LogP contribution is -2.32. The molecule has 29 heavy (non-hydrogen) atoms. The predicted molar refractivity (Wildman–Crippen MR) is 116 cm³/mol. The van der Waals surface area contributed by atoms with Gasteiger partial charge in [-0.05, 0) is 61.6 Å². The molecule has 154 valence electrons. The molecule has 1 aliphatic heterocycles. The summed E-state index contributed by atoms with van der Waals surface area (Å²) in [6.45, 7) is 7.12. The minimum Gasteiger partial charge on any atom is -0.372 e. The van der Waals surface area contributed by atoms with Crippen LogP contribution in [0.4, 0.5) is 11.4 Å². The molecule has 0 radical (unpaired) electrons. The van der Waals surface area contributed by atoms with Gasteiger partial charge >= 0.3 is 0 Å². The van der Waals surface area contributed by atoms with E-state index in [4.69, 9.17) is 0 Å². The smallest absolute Gasteiger partial charge is 0.269 e. The Kier molecular flexibility index (Phi) is 7.22. The molecular weight excluding hydrogens is 364 g/mol. The van der Waals surface area contributed by atoms with Gasteiger partial charge in [0.25, 0.3) is 11.8 Å². The number of hydrogen-bond donors (Lipinski definition) is 2. The molecule has 1 aromatic carbocycles. The highest BCUT2D eigenvalue weighted by Crippen LogP contribution is 2.24. The summed E-state index contributed by atoms with van der Waals surface area (Å²) in [5.74, 6) is 0.284. The Morgan fingerprint density at radius 3 is 2.52 bits per heavy atom. The van der Waals surface area contributed by atoms with Gasteiger partial charge in [-0.15, -0.1) is 0 Å². The maximum Gasteiger partial charge on any atom is 0.269 e. The Bertz CT molecular complexity index is 827. The largest absolute Gasteiger partial charge is 0.372 e. The number of carbonyl (C=O) groups is 2. The van der Waals surface area contributed by atoms with Crippen LogP contribution in [0.15, 0.2) is 42.6 Å². The molecule has 1 aromatic heterocycles. The van der Waals surface area contributed by atoms with E-state index in [1.54, 1.807) is 6.07 Å². The zero-order chi connectivity index (χ0) is 20.6. The molecule has 2 N–H and O–H groups in total. The van der Waals surface area contributed by atoms with Crippen molar-refractivity contribution in [1.82, 2.24) is 10.3 Å². The van der Waals surface area contributed by atoms with Crippen molar-refractivity contribution in [2.24, 2.45) is 5.92 Å². The molecule has 0 spiro atoms. The maximum absolute atomic E-state index is 12.6. The number of unbranched alkanes of at least 4 members (excludes halogenated alkanes) is 1. The second-order valence-corrected chi connectivity index (χ2v) is 7.71. The number of amides is 2. The average Bonchev–Trinajstić information content (AvgIpc) is 2.75. The molecule has 2 heterocycles. The van der Waals surface area contributed by atoms with Crippen molar-refractivity contribution in [2.75, 3.05) is 29.9 Å². The number of pyridine rings is 1. The van der Waals surface area contributed by atoms with Gasteiger partial charge in [-0.3, -0.25) is 14.6 Å². The third-order valence-electron chi connectivity index (χ3n) is 5.34. The van der Waals surface area contributed by atoms with Crippen LogP contribution in [0.1, 0.15) is 60.4 Å². The van der Waals surface area contributed by atoms with Gasteiger partial charge in [0, 0.05) is 42.8 Å². The summed E-state index contributed by atoms with van der Waals surface area (Å²) in [6, 6.07) is 11.1. The van der Waals surface area contributed by atoms with Crippen molar-refractivity contribution in [2.45, 2.75) is 39.5 Å². The van der Waals surface area contributed by atoms with E-state index >= 15 is 0 Å². The van der Waals surface area contributed by atoms with Gasteiger partial charge in [0.1, 0.15) is 5.69 Å². The van der Waals surface area contributed by atoms with Gasteiger partial charge in [-0.1, -0.05) is 20.3 Å². The molecular formula is C23H30N4O2. The van der Waals surface area contributed by atoms with E-state index in [0.717, 1.165) is 37.5 Å². The van der Waals surface area contributed by atoms with Gasteiger partial charge in [0.15, 0.2) is 0 Å². The summed E-state index contributed by atoms with van der Waals surface area (Å²) in [5.41, 5.74) is 2.58. The van der Waals surface area contributed by atoms with Gasteiger partial charge in [-0.25, -0.2) is 0 Å². The van der Waals surface area contributed by atoms with Crippen LogP contribution in [0.25, 0.3) is 0 Å². The second-order valence-electron chi connectivity index (χ2n) is 7.71. The lowest BCUT2D eigenvalue weighted by atomic mass is 9.99. The first kappa shape index (κ1) is 20.8. The van der Waals surface area contributed by atoms with Gasteiger partial charge in [0.05, 0.1) is 0 Å². The normalized spacial score (nSPS) is 14.5. The maximum atomic E-state index is 12.6. The number of piperidine rings is 1. The standard InChI is InChI=1S/C23H30N4O2/c1-3-4-12-25-23(29)21-16-18(9-13-24-21)22(28)26-19-5-7-20(8-6-19)27-14-10-17(2)11-15-27/h5-9,13,16-17H,3-4,10-12,14-15H2,1-2H3,(H,25,29)(H,26,28). The molecule has 0 aliphatic carbocycles. The summed E-state index contributed by atoms with van der Waals surface area (Å²) in [7, 11) is 0. The minimum atomic E-state index is -0.256. The van der Waals surface area contributed by atoms with E-state index in [0.29, 0.717) is 12.1 Å². The molecule has 3 rings (SSSR count). The predicted octanol–water partition coefficient (Wildman–Crippen LogP) is 4.10. The Morgan fingerprint density at radius 2 is 1.83 bits per heavy atom. The van der Waals surface area contributed by atoms with Crippen LogP contribution in [0.2, 0.25) is 0 Å². The topological polar surface area (TPSA) is 74.3 Å². The first-order valence-electron chi connectivity index (χ1n) is 10.5. The third kappa shape index (κ3) is 5.79. The number of nitrogens with zero attached hydrogens (tertiary/aromatic N) is 2. The van der Waals surface area contributed by atoms with Crippen LogP contribution in [0.3, 0.4) is 0 Å². The highest BCUT2D eigenvalue weighted by atomic mass is 16.2. The van der Waals surface area contributed by atoms with E-state index < -0.39 is 0 Å². The highest BCUT2D eigenvalue weighted by molar-refractivity contribution is 6.05. The third-order valence-corrected chi connectivity index (χ3v) is 5.34. The second kappa shape index (κ2) is 10.0. The fourth-order valence-corrected chi connectivity index (χ4v) is 3.39. The minimum absolute atomic E-state index is 0.253. The van der Waals surface area contributed by atoms with Crippen molar-refractivity contribution in [3.05, 3.63) is 53.9 Å². The van der Waals surface area contributed by atoms with E-state index in [1.165, 1.54) is 30.8 Å². The summed E-state index contributed by atoms with van der Waals surface area (Å²) in [5, 5.41) is 5.71. The Balaban J connectivity index is 1.60. The fourth-order valence-electron chi connectivity index (χ4n) is 3.39. The Hall–Kier alpha value is -2.89. The van der Waals surface area contributed by atoms with Crippen molar-refractivity contribution in [3.63, 3.8) is 0 Å². The van der Waals surface area contributed by atoms with E-state index in [1.807, 2.05) is 24.3 Å². The summed E-state index contributed by atoms with van der Waals surface area (Å²) < 4.78 is 0. The molecule has 6 nitrogen and oxygen atoms in total. The molecule has 1 saturated heterocycles. The van der Waals surface area contributed by atoms with Gasteiger partial charge < -0.3 is 15.5 Å². The van der Waals surface area contributed by atoms with Crippen LogP contribution in [0.5, 0.6) is 0 Å². The number of nitrogens with one attached hydrogen (secondary N) is 2. The molecule has 1 aliphatic rings. The van der Waals surface area contributed by atoms with Crippen LogP contribution in [0, 0.1) is 5.92 Å². The zero-order valence-corrected chi connectivity index (χ0v) is 17.3. The van der Waals surface area contributed by atoms with Gasteiger partial charge in [0.2, 0.25) is 0 Å². The quantitative estimate of drug-likeness (QED) is 0.694. The number of carbonyl (C=O) groups excluding carboxylic acids is 2. The zero-order valence-electron chi connectivity index (χ0n) is 17.3. The van der Waals surface area contributed by atoms with Crippen LogP contribution >= 0.6 is 0 Å². The molecule has 2 aromatic rings. The molecule has 0 atom stereocenters. The summed E-state index contributed by atoms with van der Waals surface area (Å²) in [4.78, 5) is 31.2. The molecule has 2 amide bonds. The first-order chi connectivity index (χ1) is 14.1. The van der Waals surface area contributed by atoms with Gasteiger partial charge in [-0.2, -0.15) is 0 Å². The number of anilines is 2. The van der Waals surface area contributed by atoms with Crippen molar-refractivity contribution in [3.8, 4) is 0 Å². The SMILES string of the molecule is CCCCNC(=O)c1cc(C(=O)Nc2ccc(N3CCC(C)CC3)cc2)ccn1. The van der Waals surface area contributed by atoms with Crippen molar-refractivity contribution in [1.29, 1.82) is 0 Å². The van der Waals surface area contributed by atoms with Crippen LogP contribution in [-0.2, 0) is 0 Å². The summed E-state index contributed by atoms with van der Waals surface area (Å²) >= 11 is 0. The Labute approximate surface area is 172 Å². The highest BCUT2D eigenvalue weighted by Gasteiger charge is 2.16. The average molecular weight is 395 g/mol. The van der Waals surface area contributed by atoms with E-state index in [2.05, 4.69) is 34.4 Å². The van der Waals surface area contributed by atoms with E-state index in [9.17, 15) is 9.59 Å². The number of rotatable bonds is 7. The van der Waals surface area contributed by atoms with Crippen LogP contribution in [-0.4, -0.2) is 36.4 Å². The Morgan fingerprint density at radius 1 is 1.10 bits per heavy atom. The first-order valence-corrected chi connectivity index (χ1v) is 10.5. The monoisotopic (exact) mass is 394 g/mol. The molecule has 1 fully saturated rings. The molecule has 0 unspecified atom stereocenters. The summed E-state index contributed by atoms with van der Waals surface area (Å²) in [6.07, 6.45) is 5.85. The number of benzene rings is 1. The molecule has 0 bridgehead atoms. The van der Waals surface area contributed by atoms with Crippen molar-refractivity contribution >= 4 is 23.2 Å². The lowest BCUT2D eigenvalue weighted by Gasteiger charge is -2.32. The fraction of sp³-hybridized carbons (Fsp3) is 0.435. The lowest BCUT2D eigenvalue weighted by molar-refractivity contribution is 0.0948. The van der Waals surface area contributed by atoms with E-state index in [-0.39, 0.29) is 17.5 Å². The van der Waals surface area contributed by atoms with Crippen molar-refractivity contribution < 1.29 is 9.59 Å². The number of aromatic nitrogens is 1. The molecule has 6 heteroatoms. The number of hydrogen-bond acceptors (Lipinski definition) is 4. The molecule has 0 saturated carbocycles.